The Morgan fingerprint density at radius 3 is 2.94 bits per heavy atom. The molecule has 100 valence electrons. The van der Waals surface area contributed by atoms with Gasteiger partial charge in [0.2, 0.25) is 0 Å². The number of ether oxygens (including phenoxy) is 1. The first-order valence-electron chi connectivity index (χ1n) is 6.45. The van der Waals surface area contributed by atoms with Gasteiger partial charge in [0.15, 0.2) is 0 Å². The normalized spacial score (nSPS) is 24.3. The number of hydrogen-bond donors (Lipinski definition) is 0. The van der Waals surface area contributed by atoms with Crippen molar-refractivity contribution in [3.63, 3.8) is 0 Å². The first-order chi connectivity index (χ1) is 8.63. The fourth-order valence-electron chi connectivity index (χ4n) is 2.51. The average molecular weight is 269 g/mol. The van der Waals surface area contributed by atoms with E-state index >= 15 is 0 Å². The quantitative estimate of drug-likeness (QED) is 0.788. The fourth-order valence-corrected chi connectivity index (χ4v) is 2.66. The topological polar surface area (TPSA) is 25.4 Å². The number of halogens is 1. The van der Waals surface area contributed by atoms with Crippen LogP contribution in [0.4, 0.5) is 5.82 Å². The monoisotopic (exact) mass is 268 g/mol. The summed E-state index contributed by atoms with van der Waals surface area (Å²) in [5.74, 6) is 2.18. The maximum absolute atomic E-state index is 5.92. The van der Waals surface area contributed by atoms with Crippen molar-refractivity contribution in [2.24, 2.45) is 5.92 Å². The van der Waals surface area contributed by atoms with E-state index in [2.05, 4.69) is 22.9 Å². The van der Waals surface area contributed by atoms with Crippen molar-refractivity contribution < 1.29 is 4.74 Å². The van der Waals surface area contributed by atoms with Crippen molar-refractivity contribution in [2.45, 2.75) is 32.3 Å². The molecule has 2 atom stereocenters. The van der Waals surface area contributed by atoms with E-state index in [1.165, 1.54) is 0 Å². The van der Waals surface area contributed by atoms with Crippen molar-refractivity contribution >= 4 is 17.4 Å². The molecule has 0 amide bonds. The van der Waals surface area contributed by atoms with Crippen LogP contribution in [0.15, 0.2) is 12.1 Å². The van der Waals surface area contributed by atoms with Crippen molar-refractivity contribution in [3.05, 3.63) is 23.4 Å². The molecule has 1 aromatic rings. The van der Waals surface area contributed by atoms with Crippen molar-refractivity contribution in [2.75, 3.05) is 25.1 Å². The van der Waals surface area contributed by atoms with Gasteiger partial charge < -0.3 is 9.64 Å². The van der Waals surface area contributed by atoms with Gasteiger partial charge >= 0.3 is 0 Å². The third-order valence-electron chi connectivity index (χ3n) is 3.67. The standard InChI is InChI=1S/C14H21ClN2O/c1-10-4-5-17(9-13(10)18-3)14-7-12(8-15)6-11(2)16-14/h6-7,10,13H,4-5,8-9H2,1-3H3. The van der Waals surface area contributed by atoms with E-state index in [4.69, 9.17) is 16.3 Å². The lowest BCUT2D eigenvalue weighted by atomic mass is 9.96. The number of piperidine rings is 1. The molecule has 0 aliphatic carbocycles. The molecule has 1 aromatic heterocycles. The van der Waals surface area contributed by atoms with Gasteiger partial charge in [-0.1, -0.05) is 6.92 Å². The predicted molar refractivity (Wildman–Crippen MR) is 75.3 cm³/mol. The average Bonchev–Trinajstić information content (AvgIpc) is 2.38. The van der Waals surface area contributed by atoms with Crippen molar-refractivity contribution in [3.8, 4) is 0 Å². The summed E-state index contributed by atoms with van der Waals surface area (Å²) in [5, 5.41) is 0. The molecule has 1 fully saturated rings. The lowest BCUT2D eigenvalue weighted by Gasteiger charge is -2.37. The van der Waals surface area contributed by atoms with Crippen LogP contribution >= 0.6 is 11.6 Å². The van der Waals surface area contributed by atoms with Gasteiger partial charge in [-0.2, -0.15) is 0 Å². The zero-order chi connectivity index (χ0) is 13.1. The van der Waals surface area contributed by atoms with E-state index < -0.39 is 0 Å². The zero-order valence-electron chi connectivity index (χ0n) is 11.3. The molecule has 0 saturated carbocycles. The highest BCUT2D eigenvalue weighted by Gasteiger charge is 2.26. The molecule has 18 heavy (non-hydrogen) atoms. The van der Waals surface area contributed by atoms with Gasteiger partial charge in [-0.25, -0.2) is 4.98 Å². The third kappa shape index (κ3) is 2.96. The molecule has 0 spiro atoms. The van der Waals surface area contributed by atoms with Crippen LogP contribution < -0.4 is 4.90 Å². The van der Waals surface area contributed by atoms with E-state index in [0.717, 1.165) is 36.6 Å². The molecule has 2 unspecified atom stereocenters. The van der Waals surface area contributed by atoms with Crippen LogP contribution in [-0.2, 0) is 10.6 Å². The summed E-state index contributed by atoms with van der Waals surface area (Å²) < 4.78 is 5.55. The zero-order valence-corrected chi connectivity index (χ0v) is 12.1. The first-order valence-corrected chi connectivity index (χ1v) is 6.98. The van der Waals surface area contributed by atoms with Crippen LogP contribution in [0.1, 0.15) is 24.6 Å². The number of hydrogen-bond acceptors (Lipinski definition) is 3. The van der Waals surface area contributed by atoms with Gasteiger partial charge in [0, 0.05) is 31.8 Å². The van der Waals surface area contributed by atoms with E-state index in [0.29, 0.717) is 17.9 Å². The Kier molecular flexibility index (Phi) is 4.46. The molecule has 2 rings (SSSR count). The second kappa shape index (κ2) is 5.89. The first kappa shape index (κ1) is 13.6. The Bertz CT molecular complexity index is 411. The highest BCUT2D eigenvalue weighted by Crippen LogP contribution is 2.24. The second-order valence-corrected chi connectivity index (χ2v) is 5.36. The van der Waals surface area contributed by atoms with E-state index in [1.807, 2.05) is 13.0 Å². The molecule has 1 aliphatic heterocycles. The SMILES string of the molecule is COC1CN(c2cc(CCl)cc(C)n2)CCC1C. The number of nitrogens with zero attached hydrogens (tertiary/aromatic N) is 2. The summed E-state index contributed by atoms with van der Waals surface area (Å²) in [6.07, 6.45) is 1.44. The maximum Gasteiger partial charge on any atom is 0.129 e. The molecule has 0 N–H and O–H groups in total. The van der Waals surface area contributed by atoms with E-state index in [1.54, 1.807) is 7.11 Å². The lowest BCUT2D eigenvalue weighted by Crippen LogP contribution is -2.44. The molecule has 3 nitrogen and oxygen atoms in total. The Hall–Kier alpha value is -0.800. The van der Waals surface area contributed by atoms with Crippen LogP contribution in [0.2, 0.25) is 0 Å². The summed E-state index contributed by atoms with van der Waals surface area (Å²) in [7, 11) is 1.79. The molecule has 0 aromatic carbocycles. The third-order valence-corrected chi connectivity index (χ3v) is 3.98. The van der Waals surface area contributed by atoms with E-state index in [9.17, 15) is 0 Å². The Morgan fingerprint density at radius 1 is 1.50 bits per heavy atom. The molecule has 4 heteroatoms. The molecule has 0 radical (unpaired) electrons. The minimum absolute atomic E-state index is 0.292. The van der Waals surface area contributed by atoms with Gasteiger partial charge in [0.25, 0.3) is 0 Å². The Labute approximate surface area is 114 Å². The van der Waals surface area contributed by atoms with Crippen LogP contribution in [0, 0.1) is 12.8 Å². The fraction of sp³-hybridized carbons (Fsp3) is 0.643. The molecular formula is C14H21ClN2O. The number of aryl methyl sites for hydroxylation is 1. The van der Waals surface area contributed by atoms with Crippen LogP contribution in [0.5, 0.6) is 0 Å². The summed E-state index contributed by atoms with van der Waals surface area (Å²) in [6.45, 7) is 6.22. The molecule has 0 bridgehead atoms. The van der Waals surface area contributed by atoms with Gasteiger partial charge in [0.1, 0.15) is 5.82 Å². The number of aromatic nitrogens is 1. The van der Waals surface area contributed by atoms with Gasteiger partial charge in [-0.3, -0.25) is 0 Å². The van der Waals surface area contributed by atoms with Crippen molar-refractivity contribution in [1.29, 1.82) is 0 Å². The minimum atomic E-state index is 0.292. The molecule has 1 saturated heterocycles. The highest BCUT2D eigenvalue weighted by molar-refractivity contribution is 6.17. The maximum atomic E-state index is 5.92. The summed E-state index contributed by atoms with van der Waals surface area (Å²) in [6, 6.07) is 4.12. The van der Waals surface area contributed by atoms with Gasteiger partial charge in [-0.15, -0.1) is 11.6 Å². The van der Waals surface area contributed by atoms with Crippen LogP contribution in [0.25, 0.3) is 0 Å². The molecular weight excluding hydrogens is 248 g/mol. The number of alkyl halides is 1. The molecule has 2 heterocycles. The van der Waals surface area contributed by atoms with E-state index in [-0.39, 0.29) is 0 Å². The number of rotatable bonds is 3. The smallest absolute Gasteiger partial charge is 0.129 e. The predicted octanol–water partition coefficient (Wildman–Crippen LogP) is 2.99. The van der Waals surface area contributed by atoms with Crippen molar-refractivity contribution in [1.82, 2.24) is 4.98 Å². The Morgan fingerprint density at radius 2 is 2.28 bits per heavy atom. The minimum Gasteiger partial charge on any atom is -0.379 e. The van der Waals surface area contributed by atoms with Crippen LogP contribution in [-0.4, -0.2) is 31.3 Å². The number of pyridine rings is 1. The largest absolute Gasteiger partial charge is 0.379 e. The van der Waals surface area contributed by atoms with Gasteiger partial charge in [0.05, 0.1) is 6.10 Å². The second-order valence-electron chi connectivity index (χ2n) is 5.09. The summed E-state index contributed by atoms with van der Waals surface area (Å²) in [5.41, 5.74) is 2.16. The van der Waals surface area contributed by atoms with Gasteiger partial charge in [-0.05, 0) is 37.0 Å². The van der Waals surface area contributed by atoms with Crippen LogP contribution in [0.3, 0.4) is 0 Å². The number of anilines is 1. The highest BCUT2D eigenvalue weighted by atomic mass is 35.5. The Balaban J connectivity index is 2.18. The lowest BCUT2D eigenvalue weighted by molar-refractivity contribution is 0.0496. The summed E-state index contributed by atoms with van der Waals surface area (Å²) in [4.78, 5) is 6.91. The molecule has 1 aliphatic rings. The number of methoxy groups -OCH3 is 1. The summed E-state index contributed by atoms with van der Waals surface area (Å²) >= 11 is 5.92.